The minimum atomic E-state index is -0.431. The van der Waals surface area contributed by atoms with Crippen molar-refractivity contribution in [2.24, 2.45) is 5.73 Å². The summed E-state index contributed by atoms with van der Waals surface area (Å²) >= 11 is 0. The van der Waals surface area contributed by atoms with Crippen molar-refractivity contribution in [3.8, 4) is 5.75 Å². The van der Waals surface area contributed by atoms with E-state index in [1.807, 2.05) is 41.2 Å². The minimum Gasteiger partial charge on any atom is -0.486 e. The molecule has 0 aliphatic rings. The summed E-state index contributed by atoms with van der Waals surface area (Å²) in [6.45, 7) is 1.12. The number of amides is 1. The Balaban J connectivity index is 1.57. The number of carbonyl (C=O) groups is 1. The van der Waals surface area contributed by atoms with Gasteiger partial charge in [0.1, 0.15) is 6.61 Å². The Labute approximate surface area is 134 Å². The number of nitrogens with zero attached hydrogens (tertiary/aromatic N) is 2. The number of nitrogens with two attached hydrogens (primary N) is 1. The lowest BCUT2D eigenvalue weighted by molar-refractivity contribution is 0.1000. The summed E-state index contributed by atoms with van der Waals surface area (Å²) in [5, 5.41) is 4.29. The molecule has 0 fully saturated rings. The van der Waals surface area contributed by atoms with Gasteiger partial charge in [0.25, 0.3) is 0 Å². The summed E-state index contributed by atoms with van der Waals surface area (Å²) in [5.74, 6) is 0.277. The van der Waals surface area contributed by atoms with Crippen molar-refractivity contribution >= 4 is 5.91 Å². The third kappa shape index (κ3) is 3.97. The van der Waals surface area contributed by atoms with E-state index in [-0.39, 0.29) is 0 Å². The molecule has 0 aliphatic heterocycles. The van der Waals surface area contributed by atoms with Crippen molar-refractivity contribution in [1.82, 2.24) is 9.78 Å². The third-order valence-corrected chi connectivity index (χ3v) is 3.44. The molecule has 1 amide bonds. The zero-order chi connectivity index (χ0) is 16.1. The fourth-order valence-electron chi connectivity index (χ4n) is 2.21. The van der Waals surface area contributed by atoms with Gasteiger partial charge in [-0.25, -0.2) is 0 Å². The molecule has 2 aromatic carbocycles. The SMILES string of the molecule is NC(=O)c1ccc(COc2cnn(Cc3ccccc3)c2)cc1. The molecule has 0 atom stereocenters. The molecule has 1 aromatic heterocycles. The van der Waals surface area contributed by atoms with Crippen molar-refractivity contribution in [2.75, 3.05) is 0 Å². The van der Waals surface area contributed by atoms with E-state index in [1.54, 1.807) is 18.3 Å². The molecule has 0 spiro atoms. The largest absolute Gasteiger partial charge is 0.486 e. The van der Waals surface area contributed by atoms with Gasteiger partial charge in [0.05, 0.1) is 18.9 Å². The second-order valence-corrected chi connectivity index (χ2v) is 5.21. The molecule has 2 N–H and O–H groups in total. The molecule has 3 aromatic rings. The summed E-state index contributed by atoms with van der Waals surface area (Å²) in [6, 6.07) is 17.2. The zero-order valence-corrected chi connectivity index (χ0v) is 12.6. The molecule has 0 bridgehead atoms. The Bertz CT molecular complexity index is 780. The van der Waals surface area contributed by atoms with Gasteiger partial charge in [-0.1, -0.05) is 42.5 Å². The molecule has 0 saturated heterocycles. The van der Waals surface area contributed by atoms with Gasteiger partial charge in [-0.05, 0) is 23.3 Å². The quantitative estimate of drug-likeness (QED) is 0.761. The Morgan fingerprint density at radius 2 is 1.78 bits per heavy atom. The molecule has 23 heavy (non-hydrogen) atoms. The lowest BCUT2D eigenvalue weighted by Gasteiger charge is -2.04. The van der Waals surface area contributed by atoms with Crippen LogP contribution in [0.15, 0.2) is 67.0 Å². The summed E-state index contributed by atoms with van der Waals surface area (Å²) in [5.41, 5.74) is 7.85. The van der Waals surface area contributed by atoms with Crippen molar-refractivity contribution in [3.63, 3.8) is 0 Å². The number of carbonyl (C=O) groups excluding carboxylic acids is 1. The molecule has 3 rings (SSSR count). The van der Waals surface area contributed by atoms with Crippen LogP contribution in [0.4, 0.5) is 0 Å². The first-order valence-corrected chi connectivity index (χ1v) is 7.28. The average molecular weight is 307 g/mol. The average Bonchev–Trinajstić information content (AvgIpc) is 3.02. The summed E-state index contributed by atoms with van der Waals surface area (Å²) < 4.78 is 7.55. The van der Waals surface area contributed by atoms with E-state index in [4.69, 9.17) is 10.5 Å². The molecule has 1 heterocycles. The van der Waals surface area contributed by atoms with Gasteiger partial charge in [0, 0.05) is 5.56 Å². The molecule has 0 radical (unpaired) electrons. The van der Waals surface area contributed by atoms with Gasteiger partial charge in [0.15, 0.2) is 5.75 Å². The first kappa shape index (κ1) is 14.8. The Kier molecular flexibility index (Phi) is 4.38. The first-order chi connectivity index (χ1) is 11.2. The van der Waals surface area contributed by atoms with Crippen LogP contribution in [-0.4, -0.2) is 15.7 Å². The summed E-state index contributed by atoms with van der Waals surface area (Å²) in [6.07, 6.45) is 3.56. The number of ether oxygens (including phenoxy) is 1. The van der Waals surface area contributed by atoms with E-state index in [0.29, 0.717) is 24.5 Å². The zero-order valence-electron chi connectivity index (χ0n) is 12.6. The molecule has 5 nitrogen and oxygen atoms in total. The van der Waals surface area contributed by atoms with Gasteiger partial charge in [-0.15, -0.1) is 0 Å². The molecule has 0 unspecified atom stereocenters. The topological polar surface area (TPSA) is 70.1 Å². The van der Waals surface area contributed by atoms with Crippen molar-refractivity contribution in [2.45, 2.75) is 13.2 Å². The van der Waals surface area contributed by atoms with Gasteiger partial charge < -0.3 is 10.5 Å². The highest BCUT2D eigenvalue weighted by molar-refractivity contribution is 5.92. The summed E-state index contributed by atoms with van der Waals surface area (Å²) in [7, 11) is 0. The third-order valence-electron chi connectivity index (χ3n) is 3.44. The number of aromatic nitrogens is 2. The predicted octanol–water partition coefficient (Wildman–Crippen LogP) is 2.61. The van der Waals surface area contributed by atoms with Crippen LogP contribution in [0.3, 0.4) is 0 Å². The summed E-state index contributed by atoms with van der Waals surface area (Å²) in [4.78, 5) is 11.0. The fraction of sp³-hybridized carbons (Fsp3) is 0.111. The Morgan fingerprint density at radius 1 is 1.04 bits per heavy atom. The van der Waals surface area contributed by atoms with E-state index in [9.17, 15) is 4.79 Å². The monoisotopic (exact) mass is 307 g/mol. The molecule has 0 saturated carbocycles. The van der Waals surface area contributed by atoms with Crippen LogP contribution in [0.5, 0.6) is 5.75 Å². The second kappa shape index (κ2) is 6.79. The van der Waals surface area contributed by atoms with E-state index < -0.39 is 5.91 Å². The number of primary amides is 1. The van der Waals surface area contributed by atoms with Crippen LogP contribution in [0.1, 0.15) is 21.5 Å². The van der Waals surface area contributed by atoms with Gasteiger partial charge in [-0.3, -0.25) is 9.48 Å². The second-order valence-electron chi connectivity index (χ2n) is 5.21. The number of hydrogen-bond donors (Lipinski definition) is 1. The molecular weight excluding hydrogens is 290 g/mol. The lowest BCUT2D eigenvalue weighted by atomic mass is 10.1. The number of benzene rings is 2. The van der Waals surface area contributed by atoms with Crippen molar-refractivity contribution in [1.29, 1.82) is 0 Å². The molecule has 0 aliphatic carbocycles. The van der Waals surface area contributed by atoms with E-state index >= 15 is 0 Å². The standard InChI is InChI=1S/C18H17N3O2/c19-18(22)16-8-6-15(7-9-16)13-23-17-10-20-21(12-17)11-14-4-2-1-3-5-14/h1-10,12H,11,13H2,(H2,19,22). The molecular formula is C18H17N3O2. The first-order valence-electron chi connectivity index (χ1n) is 7.28. The Hall–Kier alpha value is -3.08. The van der Waals surface area contributed by atoms with Crippen LogP contribution in [0, 0.1) is 0 Å². The highest BCUT2D eigenvalue weighted by Gasteiger charge is 2.03. The maximum Gasteiger partial charge on any atom is 0.248 e. The van der Waals surface area contributed by atoms with Crippen LogP contribution < -0.4 is 10.5 Å². The van der Waals surface area contributed by atoms with E-state index in [1.165, 1.54) is 5.56 Å². The lowest BCUT2D eigenvalue weighted by Crippen LogP contribution is -2.10. The van der Waals surface area contributed by atoms with Crippen molar-refractivity contribution in [3.05, 3.63) is 83.7 Å². The van der Waals surface area contributed by atoms with E-state index in [2.05, 4.69) is 17.2 Å². The maximum atomic E-state index is 11.0. The fourth-order valence-corrected chi connectivity index (χ4v) is 2.21. The normalized spacial score (nSPS) is 10.4. The van der Waals surface area contributed by atoms with Gasteiger partial charge >= 0.3 is 0 Å². The Morgan fingerprint density at radius 3 is 2.48 bits per heavy atom. The maximum absolute atomic E-state index is 11.0. The highest BCUT2D eigenvalue weighted by Crippen LogP contribution is 2.13. The number of rotatable bonds is 6. The smallest absolute Gasteiger partial charge is 0.248 e. The highest BCUT2D eigenvalue weighted by atomic mass is 16.5. The van der Waals surface area contributed by atoms with Crippen LogP contribution in [0.25, 0.3) is 0 Å². The number of hydrogen-bond acceptors (Lipinski definition) is 3. The van der Waals surface area contributed by atoms with Gasteiger partial charge in [-0.2, -0.15) is 5.10 Å². The molecule has 5 heteroatoms. The van der Waals surface area contributed by atoms with Crippen molar-refractivity contribution < 1.29 is 9.53 Å². The van der Waals surface area contributed by atoms with E-state index in [0.717, 1.165) is 5.56 Å². The molecule has 116 valence electrons. The van der Waals surface area contributed by atoms with Crippen LogP contribution in [0.2, 0.25) is 0 Å². The van der Waals surface area contributed by atoms with Crippen LogP contribution in [-0.2, 0) is 13.2 Å². The minimum absolute atomic E-state index is 0.413. The predicted molar refractivity (Wildman–Crippen MR) is 87.1 cm³/mol. The van der Waals surface area contributed by atoms with Crippen LogP contribution >= 0.6 is 0 Å². The van der Waals surface area contributed by atoms with Gasteiger partial charge in [0.2, 0.25) is 5.91 Å².